The van der Waals surface area contributed by atoms with Crippen molar-refractivity contribution in [1.29, 1.82) is 0 Å². The smallest absolute Gasteiger partial charge is 0.134 e. The molecule has 2 N–H and O–H groups in total. The fraction of sp³-hybridized carbons (Fsp3) is 0.385. The maximum Gasteiger partial charge on any atom is 0.134 e. The Hall–Kier alpha value is -0.840. The third kappa shape index (κ3) is 2.39. The van der Waals surface area contributed by atoms with Crippen molar-refractivity contribution in [1.82, 2.24) is 5.32 Å². The molecule has 3 nitrogen and oxygen atoms in total. The van der Waals surface area contributed by atoms with Gasteiger partial charge in [0.15, 0.2) is 0 Å². The van der Waals surface area contributed by atoms with Gasteiger partial charge in [0.25, 0.3) is 0 Å². The third-order valence-corrected chi connectivity index (χ3v) is 3.40. The molecule has 0 saturated carbocycles. The van der Waals surface area contributed by atoms with Crippen molar-refractivity contribution >= 4 is 26.9 Å². The van der Waals surface area contributed by atoms with E-state index in [9.17, 15) is 5.11 Å². The Morgan fingerprint density at radius 1 is 1.41 bits per heavy atom. The third-order valence-electron chi connectivity index (χ3n) is 2.91. The van der Waals surface area contributed by atoms with Crippen LogP contribution in [0.5, 0.6) is 0 Å². The number of halogens is 1. The summed E-state index contributed by atoms with van der Waals surface area (Å²) < 4.78 is 6.81. The van der Waals surface area contributed by atoms with Crippen LogP contribution in [0.1, 0.15) is 19.6 Å². The molecule has 0 saturated heterocycles. The molecule has 92 valence electrons. The van der Waals surface area contributed by atoms with Crippen molar-refractivity contribution in [2.45, 2.75) is 19.4 Å². The summed E-state index contributed by atoms with van der Waals surface area (Å²) in [7, 11) is 0. The van der Waals surface area contributed by atoms with Crippen molar-refractivity contribution in [2.75, 3.05) is 13.2 Å². The molecule has 1 unspecified atom stereocenters. The van der Waals surface area contributed by atoms with Crippen molar-refractivity contribution in [3.63, 3.8) is 0 Å². The second kappa shape index (κ2) is 4.80. The number of hydrogen-bond acceptors (Lipinski definition) is 3. The Morgan fingerprint density at radius 2 is 2.18 bits per heavy atom. The number of rotatable bonds is 4. The molecule has 0 aliphatic rings. The second-order valence-electron chi connectivity index (χ2n) is 4.31. The standard InChI is InChI=1S/C13H16BrNO2/c1-3-15-13(2,8-16)12-7-9-6-10(14)4-5-11(9)17-12/h4-7,15-16H,3,8H2,1-2H3. The monoisotopic (exact) mass is 297 g/mol. The molecule has 2 rings (SSSR count). The van der Waals surface area contributed by atoms with Gasteiger partial charge < -0.3 is 14.8 Å². The van der Waals surface area contributed by atoms with Crippen LogP contribution in [-0.2, 0) is 5.54 Å². The normalized spacial score (nSPS) is 15.1. The number of aliphatic hydroxyl groups excluding tert-OH is 1. The first-order chi connectivity index (χ1) is 8.09. The molecule has 0 aliphatic carbocycles. The lowest BCUT2D eigenvalue weighted by molar-refractivity contribution is 0.157. The van der Waals surface area contributed by atoms with Crippen LogP contribution in [-0.4, -0.2) is 18.3 Å². The minimum Gasteiger partial charge on any atom is -0.459 e. The quantitative estimate of drug-likeness (QED) is 0.912. The summed E-state index contributed by atoms with van der Waals surface area (Å²) in [6.45, 7) is 4.72. The van der Waals surface area contributed by atoms with E-state index in [2.05, 4.69) is 21.2 Å². The molecule has 0 radical (unpaired) electrons. The molecule has 1 heterocycles. The summed E-state index contributed by atoms with van der Waals surface area (Å²) in [6.07, 6.45) is 0. The van der Waals surface area contributed by atoms with Gasteiger partial charge in [-0.1, -0.05) is 22.9 Å². The van der Waals surface area contributed by atoms with E-state index in [0.717, 1.165) is 27.7 Å². The fourth-order valence-electron chi connectivity index (χ4n) is 1.90. The Bertz CT molecular complexity index is 523. The van der Waals surface area contributed by atoms with Crippen LogP contribution >= 0.6 is 15.9 Å². The summed E-state index contributed by atoms with van der Waals surface area (Å²) in [5, 5.41) is 13.8. The van der Waals surface area contributed by atoms with Gasteiger partial charge in [0.05, 0.1) is 12.1 Å². The number of likely N-dealkylation sites (N-methyl/N-ethyl adjacent to an activating group) is 1. The van der Waals surface area contributed by atoms with Crippen LogP contribution < -0.4 is 5.32 Å². The first kappa shape index (κ1) is 12.6. The highest BCUT2D eigenvalue weighted by molar-refractivity contribution is 9.10. The van der Waals surface area contributed by atoms with Gasteiger partial charge in [-0.3, -0.25) is 0 Å². The van der Waals surface area contributed by atoms with E-state index < -0.39 is 5.54 Å². The molecule has 0 fully saturated rings. The second-order valence-corrected chi connectivity index (χ2v) is 5.23. The van der Waals surface area contributed by atoms with Gasteiger partial charge in [0.2, 0.25) is 0 Å². The van der Waals surface area contributed by atoms with Crippen LogP contribution in [0.25, 0.3) is 11.0 Å². The number of fused-ring (bicyclic) bond motifs is 1. The lowest BCUT2D eigenvalue weighted by Crippen LogP contribution is -2.42. The molecule has 2 aromatic rings. The van der Waals surface area contributed by atoms with Gasteiger partial charge in [-0.25, -0.2) is 0 Å². The Kier molecular flexibility index (Phi) is 3.56. The molecule has 17 heavy (non-hydrogen) atoms. The lowest BCUT2D eigenvalue weighted by Gasteiger charge is -2.25. The lowest BCUT2D eigenvalue weighted by atomic mass is 10.00. The van der Waals surface area contributed by atoms with Crippen molar-refractivity contribution in [2.24, 2.45) is 0 Å². The molecule has 0 spiro atoms. The van der Waals surface area contributed by atoms with Crippen LogP contribution in [0.4, 0.5) is 0 Å². The highest BCUT2D eigenvalue weighted by atomic mass is 79.9. The van der Waals surface area contributed by atoms with Crippen LogP contribution in [0.3, 0.4) is 0 Å². The van der Waals surface area contributed by atoms with Gasteiger partial charge >= 0.3 is 0 Å². The first-order valence-corrected chi connectivity index (χ1v) is 6.44. The maximum atomic E-state index is 9.52. The van der Waals surface area contributed by atoms with Crippen molar-refractivity contribution in [3.05, 3.63) is 34.5 Å². The van der Waals surface area contributed by atoms with Gasteiger partial charge in [-0.15, -0.1) is 0 Å². The van der Waals surface area contributed by atoms with E-state index in [-0.39, 0.29) is 6.61 Å². The first-order valence-electron chi connectivity index (χ1n) is 5.64. The molecule has 0 bridgehead atoms. The molecule has 1 aromatic heterocycles. The molecular weight excluding hydrogens is 282 g/mol. The fourth-order valence-corrected chi connectivity index (χ4v) is 2.28. The van der Waals surface area contributed by atoms with Gasteiger partial charge in [-0.2, -0.15) is 0 Å². The Balaban J connectivity index is 2.48. The predicted molar refractivity (Wildman–Crippen MR) is 72.0 cm³/mol. The van der Waals surface area contributed by atoms with Crippen molar-refractivity contribution < 1.29 is 9.52 Å². The van der Waals surface area contributed by atoms with E-state index in [1.807, 2.05) is 38.1 Å². The number of nitrogens with one attached hydrogen (secondary N) is 1. The van der Waals surface area contributed by atoms with E-state index in [4.69, 9.17) is 4.42 Å². The average Bonchev–Trinajstić information content (AvgIpc) is 2.72. The summed E-state index contributed by atoms with van der Waals surface area (Å²) in [6, 6.07) is 7.84. The van der Waals surface area contributed by atoms with Crippen LogP contribution in [0.15, 0.2) is 33.2 Å². The maximum absolute atomic E-state index is 9.52. The average molecular weight is 298 g/mol. The number of aliphatic hydroxyl groups is 1. The summed E-state index contributed by atoms with van der Waals surface area (Å²) >= 11 is 3.43. The highest BCUT2D eigenvalue weighted by Crippen LogP contribution is 2.29. The summed E-state index contributed by atoms with van der Waals surface area (Å²) in [5.41, 5.74) is 0.307. The zero-order valence-corrected chi connectivity index (χ0v) is 11.5. The zero-order valence-electron chi connectivity index (χ0n) is 9.96. The largest absolute Gasteiger partial charge is 0.459 e. The highest BCUT2D eigenvalue weighted by Gasteiger charge is 2.28. The number of benzene rings is 1. The summed E-state index contributed by atoms with van der Waals surface area (Å²) in [5.74, 6) is 0.759. The molecule has 0 amide bonds. The van der Waals surface area contributed by atoms with Crippen LogP contribution in [0, 0.1) is 0 Å². The van der Waals surface area contributed by atoms with Crippen molar-refractivity contribution in [3.8, 4) is 0 Å². The molecule has 1 atom stereocenters. The molecule has 1 aromatic carbocycles. The van der Waals surface area contributed by atoms with E-state index in [0.29, 0.717) is 0 Å². The van der Waals surface area contributed by atoms with Gasteiger partial charge in [0, 0.05) is 9.86 Å². The zero-order chi connectivity index (χ0) is 12.5. The predicted octanol–water partition coefficient (Wildman–Crippen LogP) is 3.01. The number of furan rings is 1. The Labute approximate surface area is 109 Å². The summed E-state index contributed by atoms with van der Waals surface area (Å²) in [4.78, 5) is 0. The minimum atomic E-state index is -0.528. The van der Waals surface area contributed by atoms with E-state index >= 15 is 0 Å². The molecule has 4 heteroatoms. The van der Waals surface area contributed by atoms with E-state index in [1.54, 1.807) is 0 Å². The van der Waals surface area contributed by atoms with E-state index in [1.165, 1.54) is 0 Å². The SMILES string of the molecule is CCNC(C)(CO)c1cc2cc(Br)ccc2o1. The number of hydrogen-bond donors (Lipinski definition) is 2. The van der Waals surface area contributed by atoms with Gasteiger partial charge in [-0.05, 0) is 37.7 Å². The molecule has 0 aliphatic heterocycles. The minimum absolute atomic E-state index is 0.00182. The van der Waals surface area contributed by atoms with Gasteiger partial charge in [0.1, 0.15) is 11.3 Å². The van der Waals surface area contributed by atoms with Crippen LogP contribution in [0.2, 0.25) is 0 Å². The Morgan fingerprint density at radius 3 is 2.82 bits per heavy atom. The topological polar surface area (TPSA) is 45.4 Å². The molecular formula is C13H16BrNO2.